The molecule has 0 fully saturated rings. The Balaban J connectivity index is 1.63. The number of thioether (sulfide) groups is 1. The number of amides is 1. The van der Waals surface area contributed by atoms with Gasteiger partial charge in [0.2, 0.25) is 11.0 Å². The molecule has 2 aromatic carbocycles. The van der Waals surface area contributed by atoms with E-state index in [1.54, 1.807) is 43.3 Å². The van der Waals surface area contributed by atoms with E-state index in [2.05, 4.69) is 20.8 Å². The Morgan fingerprint density at radius 3 is 2.79 bits per heavy atom. The number of nitrogens with zero attached hydrogens (tertiary/aromatic N) is 2. The highest BCUT2D eigenvalue weighted by atomic mass is 35.5. The quantitative estimate of drug-likeness (QED) is 0.493. The van der Waals surface area contributed by atoms with Gasteiger partial charge in [0, 0.05) is 5.02 Å². The normalized spacial score (nSPS) is 11.7. The molecular weight excluding hydrogens is 423 g/mol. The number of hydrogen-bond donors (Lipinski definition) is 2. The molecule has 1 amide bonds. The number of carbonyl (C=O) groups excluding carboxylic acids is 1. The van der Waals surface area contributed by atoms with Crippen LogP contribution < -0.4 is 15.4 Å². The highest BCUT2D eigenvalue weighted by Gasteiger charge is 2.19. The highest BCUT2D eigenvalue weighted by molar-refractivity contribution is 8.02. The molecule has 0 bridgehead atoms. The molecule has 1 unspecified atom stereocenters. The number of rotatable bonds is 7. The summed E-state index contributed by atoms with van der Waals surface area (Å²) in [6.45, 7) is 1.75. The van der Waals surface area contributed by atoms with Crippen molar-refractivity contribution in [2.45, 2.75) is 16.5 Å². The maximum Gasteiger partial charge on any atom is 0.237 e. The molecule has 2 N–H and O–H groups in total. The summed E-state index contributed by atoms with van der Waals surface area (Å²) in [5.41, 5.74) is 0.806. The zero-order valence-electron chi connectivity index (χ0n) is 14.9. The molecule has 0 saturated heterocycles. The van der Waals surface area contributed by atoms with Crippen LogP contribution in [-0.4, -0.2) is 28.5 Å². The van der Waals surface area contributed by atoms with Gasteiger partial charge in [-0.05, 0) is 37.3 Å². The van der Waals surface area contributed by atoms with E-state index in [1.165, 1.54) is 36.3 Å². The zero-order valence-corrected chi connectivity index (χ0v) is 17.3. The maximum absolute atomic E-state index is 13.7. The minimum Gasteiger partial charge on any atom is -0.495 e. The summed E-state index contributed by atoms with van der Waals surface area (Å²) in [6, 6.07) is 11.3. The molecule has 10 heteroatoms. The Hall–Kier alpha value is -2.36. The molecule has 0 spiro atoms. The molecule has 0 radical (unpaired) electrons. The lowest BCUT2D eigenvalue weighted by Gasteiger charge is -2.13. The Labute approximate surface area is 174 Å². The molecule has 0 saturated carbocycles. The molecule has 0 aliphatic rings. The van der Waals surface area contributed by atoms with Crippen molar-refractivity contribution in [1.82, 2.24) is 10.2 Å². The van der Waals surface area contributed by atoms with Crippen molar-refractivity contribution < 1.29 is 13.9 Å². The molecule has 1 atom stereocenters. The van der Waals surface area contributed by atoms with Gasteiger partial charge in [0.15, 0.2) is 4.34 Å². The fourth-order valence-corrected chi connectivity index (χ4v) is 4.28. The van der Waals surface area contributed by atoms with Crippen molar-refractivity contribution in [1.29, 1.82) is 0 Å². The minimum atomic E-state index is -0.446. The monoisotopic (exact) mass is 438 g/mol. The number of halogens is 2. The van der Waals surface area contributed by atoms with Crippen LogP contribution in [0.5, 0.6) is 5.75 Å². The second-order valence-corrected chi connectivity index (χ2v) is 8.57. The maximum atomic E-state index is 13.7. The van der Waals surface area contributed by atoms with Gasteiger partial charge in [-0.2, -0.15) is 0 Å². The van der Waals surface area contributed by atoms with E-state index in [0.717, 1.165) is 0 Å². The van der Waals surface area contributed by atoms with Gasteiger partial charge in [-0.15, -0.1) is 10.2 Å². The van der Waals surface area contributed by atoms with E-state index in [4.69, 9.17) is 16.3 Å². The number of para-hydroxylation sites is 1. The van der Waals surface area contributed by atoms with Gasteiger partial charge < -0.3 is 15.4 Å². The number of benzene rings is 2. The fourth-order valence-electron chi connectivity index (χ4n) is 2.20. The topological polar surface area (TPSA) is 76.1 Å². The lowest BCUT2D eigenvalue weighted by atomic mass is 10.3. The Morgan fingerprint density at radius 2 is 2.04 bits per heavy atom. The lowest BCUT2D eigenvalue weighted by molar-refractivity contribution is -0.115. The second-order valence-electron chi connectivity index (χ2n) is 5.57. The SMILES string of the molecule is COc1ccc(Cl)cc1NC(=O)C(C)Sc1nnc(Nc2ccccc2F)s1. The number of anilines is 3. The van der Waals surface area contributed by atoms with Gasteiger partial charge in [0.05, 0.1) is 23.7 Å². The summed E-state index contributed by atoms with van der Waals surface area (Å²) in [6.07, 6.45) is 0. The minimum absolute atomic E-state index is 0.232. The molecule has 1 aromatic heterocycles. The summed E-state index contributed by atoms with van der Waals surface area (Å²) >= 11 is 8.47. The van der Waals surface area contributed by atoms with Crippen LogP contribution in [0, 0.1) is 5.82 Å². The Bertz CT molecular complexity index is 986. The van der Waals surface area contributed by atoms with E-state index in [0.29, 0.717) is 31.6 Å². The first-order valence-corrected chi connectivity index (χ1v) is 10.2. The van der Waals surface area contributed by atoms with Crippen molar-refractivity contribution in [2.75, 3.05) is 17.7 Å². The number of aromatic nitrogens is 2. The van der Waals surface area contributed by atoms with Gasteiger partial charge in [0.25, 0.3) is 0 Å². The van der Waals surface area contributed by atoms with Crippen LogP contribution in [0.15, 0.2) is 46.8 Å². The second kappa shape index (κ2) is 9.22. The van der Waals surface area contributed by atoms with E-state index >= 15 is 0 Å². The van der Waals surface area contributed by atoms with Crippen LogP contribution in [0.2, 0.25) is 5.02 Å². The summed E-state index contributed by atoms with van der Waals surface area (Å²) in [5, 5.41) is 14.2. The van der Waals surface area contributed by atoms with Gasteiger partial charge in [-0.25, -0.2) is 4.39 Å². The van der Waals surface area contributed by atoms with Crippen molar-refractivity contribution in [3.63, 3.8) is 0 Å². The summed E-state index contributed by atoms with van der Waals surface area (Å²) < 4.78 is 19.5. The molecule has 1 heterocycles. The Morgan fingerprint density at radius 1 is 1.25 bits per heavy atom. The number of carbonyl (C=O) groups is 1. The fraction of sp³-hybridized carbons (Fsp3) is 0.167. The van der Waals surface area contributed by atoms with Crippen LogP contribution >= 0.6 is 34.7 Å². The summed E-state index contributed by atoms with van der Waals surface area (Å²) in [4.78, 5) is 12.5. The molecule has 0 aliphatic heterocycles. The van der Waals surface area contributed by atoms with Crippen LogP contribution in [0.25, 0.3) is 0 Å². The van der Waals surface area contributed by atoms with Gasteiger partial charge in [-0.1, -0.05) is 46.8 Å². The molecule has 3 rings (SSSR count). The molecule has 146 valence electrons. The summed E-state index contributed by atoms with van der Waals surface area (Å²) in [7, 11) is 1.52. The third-order valence-electron chi connectivity index (χ3n) is 3.59. The van der Waals surface area contributed by atoms with Crippen LogP contribution in [0.1, 0.15) is 6.92 Å². The number of methoxy groups -OCH3 is 1. The van der Waals surface area contributed by atoms with Crippen LogP contribution in [0.4, 0.5) is 20.9 Å². The first-order valence-electron chi connectivity index (χ1n) is 8.12. The molecular formula is C18H16ClFN4O2S2. The van der Waals surface area contributed by atoms with Crippen molar-refractivity contribution in [2.24, 2.45) is 0 Å². The zero-order chi connectivity index (χ0) is 20.1. The van der Waals surface area contributed by atoms with E-state index in [1.807, 2.05) is 0 Å². The van der Waals surface area contributed by atoms with Gasteiger partial charge >= 0.3 is 0 Å². The average molecular weight is 439 g/mol. The molecule has 3 aromatic rings. The number of ether oxygens (including phenoxy) is 1. The Kier molecular flexibility index (Phi) is 6.71. The average Bonchev–Trinajstić information content (AvgIpc) is 3.10. The van der Waals surface area contributed by atoms with Crippen LogP contribution in [-0.2, 0) is 4.79 Å². The van der Waals surface area contributed by atoms with E-state index < -0.39 is 5.25 Å². The highest BCUT2D eigenvalue weighted by Crippen LogP contribution is 2.32. The predicted octanol–water partition coefficient (Wildman–Crippen LogP) is 5.20. The molecule has 28 heavy (non-hydrogen) atoms. The third kappa shape index (κ3) is 5.12. The van der Waals surface area contributed by atoms with E-state index in [-0.39, 0.29) is 11.7 Å². The van der Waals surface area contributed by atoms with Crippen LogP contribution in [0.3, 0.4) is 0 Å². The predicted molar refractivity (Wildman–Crippen MR) is 112 cm³/mol. The first-order chi connectivity index (χ1) is 13.5. The summed E-state index contributed by atoms with van der Waals surface area (Å²) in [5.74, 6) is -0.0956. The molecule has 6 nitrogen and oxygen atoms in total. The van der Waals surface area contributed by atoms with Crippen molar-refractivity contribution in [3.05, 3.63) is 53.3 Å². The number of nitrogens with one attached hydrogen (secondary N) is 2. The van der Waals surface area contributed by atoms with Gasteiger partial charge in [-0.3, -0.25) is 4.79 Å². The standard InChI is InChI=1S/C18H16ClFN4O2S2/c1-10(16(25)21-14-9-11(19)7-8-15(14)26-2)27-18-24-23-17(28-18)22-13-6-4-3-5-12(13)20/h3-10H,1-2H3,(H,21,25)(H,22,23). The van der Waals surface area contributed by atoms with Crippen molar-refractivity contribution >= 4 is 57.1 Å². The van der Waals surface area contributed by atoms with E-state index in [9.17, 15) is 9.18 Å². The van der Waals surface area contributed by atoms with Crippen molar-refractivity contribution in [3.8, 4) is 5.75 Å². The third-order valence-corrected chi connectivity index (χ3v) is 5.85. The largest absolute Gasteiger partial charge is 0.495 e. The molecule has 0 aliphatic carbocycles. The lowest BCUT2D eigenvalue weighted by Crippen LogP contribution is -2.22. The number of hydrogen-bond acceptors (Lipinski definition) is 7. The first kappa shape index (κ1) is 20.4. The smallest absolute Gasteiger partial charge is 0.237 e. The van der Waals surface area contributed by atoms with Gasteiger partial charge in [0.1, 0.15) is 11.6 Å².